The van der Waals surface area contributed by atoms with Gasteiger partial charge in [0.15, 0.2) is 5.82 Å². The maximum absolute atomic E-state index is 14.4. The summed E-state index contributed by atoms with van der Waals surface area (Å²) in [7, 11) is 0. The molecule has 0 aliphatic carbocycles. The van der Waals surface area contributed by atoms with Crippen molar-refractivity contribution in [2.75, 3.05) is 18.0 Å². The van der Waals surface area contributed by atoms with Crippen molar-refractivity contribution in [3.63, 3.8) is 0 Å². The number of anilines is 1. The largest absolute Gasteiger partial charge is 0.370 e. The van der Waals surface area contributed by atoms with E-state index in [1.807, 2.05) is 18.7 Å². The van der Waals surface area contributed by atoms with Crippen LogP contribution in [0.4, 0.5) is 10.1 Å². The molecule has 1 amide bonds. The van der Waals surface area contributed by atoms with Gasteiger partial charge in [-0.25, -0.2) is 14.2 Å². The Morgan fingerprint density at radius 3 is 2.62 bits per heavy atom. The number of nitrogens with one attached hydrogen (secondary N) is 2. The Kier molecular flexibility index (Phi) is 6.06. The molecule has 0 bridgehead atoms. The van der Waals surface area contributed by atoms with E-state index >= 15 is 0 Å². The Balaban J connectivity index is 1.71. The Morgan fingerprint density at radius 1 is 1.24 bits per heavy atom. The lowest BCUT2D eigenvalue weighted by Crippen LogP contribution is -2.24. The molecule has 0 atom stereocenters. The quantitative estimate of drug-likeness (QED) is 0.636. The molecule has 3 aromatic rings. The zero-order chi connectivity index (χ0) is 21.0. The van der Waals surface area contributed by atoms with Crippen molar-refractivity contribution in [2.24, 2.45) is 0 Å². The molecule has 0 aliphatic heterocycles. The van der Waals surface area contributed by atoms with Crippen LogP contribution in [0.3, 0.4) is 0 Å². The number of aromatic nitrogens is 4. The van der Waals surface area contributed by atoms with Crippen LogP contribution >= 0.6 is 0 Å². The van der Waals surface area contributed by atoms with E-state index in [0.717, 1.165) is 13.1 Å². The van der Waals surface area contributed by atoms with Gasteiger partial charge in [-0.1, -0.05) is 6.07 Å². The van der Waals surface area contributed by atoms with Crippen LogP contribution in [-0.2, 0) is 6.54 Å². The van der Waals surface area contributed by atoms with E-state index in [9.17, 15) is 14.0 Å². The summed E-state index contributed by atoms with van der Waals surface area (Å²) in [5, 5.41) is 13.2. The first-order chi connectivity index (χ1) is 13.9. The number of carbonyl (C=O) groups excluding carboxylic acids is 1. The number of H-pyrrole nitrogens is 1. The minimum absolute atomic E-state index is 0.190. The summed E-state index contributed by atoms with van der Waals surface area (Å²) < 4.78 is 15.9. The third-order valence-corrected chi connectivity index (χ3v) is 4.71. The number of halogens is 1. The van der Waals surface area contributed by atoms with E-state index < -0.39 is 0 Å². The topological polar surface area (TPSA) is 95.9 Å². The van der Waals surface area contributed by atoms with Gasteiger partial charge in [0.2, 0.25) is 0 Å². The summed E-state index contributed by atoms with van der Waals surface area (Å²) in [6.45, 7) is 7.31. The number of amides is 1. The zero-order valence-electron chi connectivity index (χ0n) is 16.6. The Labute approximate surface area is 167 Å². The van der Waals surface area contributed by atoms with Crippen molar-refractivity contribution >= 4 is 11.6 Å². The van der Waals surface area contributed by atoms with Crippen LogP contribution in [0.15, 0.2) is 41.3 Å². The predicted molar refractivity (Wildman–Crippen MR) is 108 cm³/mol. The van der Waals surface area contributed by atoms with Gasteiger partial charge in [0, 0.05) is 25.7 Å². The lowest BCUT2D eigenvalue weighted by Gasteiger charge is -2.22. The van der Waals surface area contributed by atoms with Crippen molar-refractivity contribution in [3.8, 4) is 5.82 Å². The first-order valence-corrected chi connectivity index (χ1v) is 9.36. The van der Waals surface area contributed by atoms with Crippen LogP contribution in [0.25, 0.3) is 5.82 Å². The summed E-state index contributed by atoms with van der Waals surface area (Å²) in [5.41, 5.74) is 1.84. The fraction of sp³-hybridized carbons (Fsp3) is 0.300. The second-order valence-electron chi connectivity index (χ2n) is 6.48. The van der Waals surface area contributed by atoms with E-state index in [4.69, 9.17) is 0 Å². The van der Waals surface area contributed by atoms with Gasteiger partial charge in [0.05, 0.1) is 23.1 Å². The third kappa shape index (κ3) is 4.34. The van der Waals surface area contributed by atoms with Gasteiger partial charge in [0.25, 0.3) is 11.5 Å². The van der Waals surface area contributed by atoms with Crippen molar-refractivity contribution in [3.05, 3.63) is 69.5 Å². The van der Waals surface area contributed by atoms with Gasteiger partial charge >= 0.3 is 0 Å². The molecule has 29 heavy (non-hydrogen) atoms. The Hall–Kier alpha value is -3.49. The lowest BCUT2D eigenvalue weighted by atomic mass is 10.1. The first-order valence-electron chi connectivity index (χ1n) is 9.36. The Bertz CT molecular complexity index is 1050. The maximum Gasteiger partial charge on any atom is 0.264 e. The van der Waals surface area contributed by atoms with Crippen molar-refractivity contribution in [1.82, 2.24) is 25.3 Å². The van der Waals surface area contributed by atoms with Crippen LogP contribution in [0, 0.1) is 12.7 Å². The molecule has 0 radical (unpaired) electrons. The molecule has 3 rings (SSSR count). The van der Waals surface area contributed by atoms with E-state index in [2.05, 4.69) is 20.6 Å². The van der Waals surface area contributed by atoms with Crippen LogP contribution in [0.2, 0.25) is 0 Å². The molecule has 8 nitrogen and oxygen atoms in total. The third-order valence-electron chi connectivity index (χ3n) is 4.71. The number of benzene rings is 1. The molecular weight excluding hydrogens is 375 g/mol. The summed E-state index contributed by atoms with van der Waals surface area (Å²) in [6, 6.07) is 7.82. The van der Waals surface area contributed by atoms with Gasteiger partial charge in [-0.05, 0) is 44.5 Å². The number of carbonyl (C=O) groups is 1. The summed E-state index contributed by atoms with van der Waals surface area (Å²) in [4.78, 5) is 25.6. The maximum atomic E-state index is 14.4. The molecule has 9 heteroatoms. The summed E-state index contributed by atoms with van der Waals surface area (Å²) in [5.74, 6) is -0.241. The molecule has 0 saturated carbocycles. The molecule has 0 aliphatic rings. The molecule has 2 aromatic heterocycles. The number of aromatic amines is 1. The Morgan fingerprint density at radius 2 is 2.00 bits per heavy atom. The molecule has 0 spiro atoms. The molecule has 0 fully saturated rings. The van der Waals surface area contributed by atoms with Gasteiger partial charge < -0.3 is 10.2 Å². The molecule has 0 saturated heterocycles. The van der Waals surface area contributed by atoms with E-state index in [0.29, 0.717) is 28.3 Å². The van der Waals surface area contributed by atoms with Gasteiger partial charge in [0.1, 0.15) is 5.82 Å². The number of hydrogen-bond acceptors (Lipinski definition) is 5. The number of hydrogen-bond donors (Lipinski definition) is 2. The molecule has 0 unspecified atom stereocenters. The summed E-state index contributed by atoms with van der Waals surface area (Å²) >= 11 is 0. The van der Waals surface area contributed by atoms with Crippen molar-refractivity contribution in [1.29, 1.82) is 0 Å². The van der Waals surface area contributed by atoms with Crippen LogP contribution in [-0.4, -0.2) is 39.0 Å². The predicted octanol–water partition coefficient (Wildman–Crippen LogP) is 2.18. The van der Waals surface area contributed by atoms with E-state index in [1.165, 1.54) is 29.1 Å². The summed E-state index contributed by atoms with van der Waals surface area (Å²) in [6.07, 6.45) is 1.43. The standard InChI is InChI=1S/C20H23FN6O2/c1-4-26(5-2)17-7-6-14(10-16(17)21)11-22-20(29)15-12-23-27(13(15)3)18-8-9-19(28)25-24-18/h6-10,12H,4-5,11H2,1-3H3,(H,22,29)(H,25,28). The van der Waals surface area contributed by atoms with Crippen molar-refractivity contribution in [2.45, 2.75) is 27.3 Å². The van der Waals surface area contributed by atoms with Gasteiger partial charge in [-0.15, -0.1) is 0 Å². The highest BCUT2D eigenvalue weighted by atomic mass is 19.1. The van der Waals surface area contributed by atoms with Crippen LogP contribution in [0.5, 0.6) is 0 Å². The SMILES string of the molecule is CCN(CC)c1ccc(CNC(=O)c2cnn(-c3ccc(=O)[nH]n3)c2C)cc1F. The minimum Gasteiger partial charge on any atom is -0.370 e. The molecule has 152 valence electrons. The highest BCUT2D eigenvalue weighted by Crippen LogP contribution is 2.20. The molecular formula is C20H23FN6O2. The average molecular weight is 398 g/mol. The molecule has 2 N–H and O–H groups in total. The van der Waals surface area contributed by atoms with E-state index in [-0.39, 0.29) is 23.8 Å². The van der Waals surface area contributed by atoms with Gasteiger partial charge in [-0.2, -0.15) is 10.2 Å². The smallest absolute Gasteiger partial charge is 0.264 e. The van der Waals surface area contributed by atoms with Gasteiger partial charge in [-0.3, -0.25) is 9.59 Å². The fourth-order valence-electron chi connectivity index (χ4n) is 3.08. The zero-order valence-corrected chi connectivity index (χ0v) is 16.6. The average Bonchev–Trinajstić information content (AvgIpc) is 3.10. The second-order valence-corrected chi connectivity index (χ2v) is 6.48. The lowest BCUT2D eigenvalue weighted by molar-refractivity contribution is 0.0950. The van der Waals surface area contributed by atoms with E-state index in [1.54, 1.807) is 19.1 Å². The fourth-order valence-corrected chi connectivity index (χ4v) is 3.08. The van der Waals surface area contributed by atoms with Crippen LogP contribution < -0.4 is 15.8 Å². The highest BCUT2D eigenvalue weighted by Gasteiger charge is 2.16. The monoisotopic (exact) mass is 398 g/mol. The normalized spacial score (nSPS) is 10.8. The number of nitrogens with zero attached hydrogens (tertiary/aromatic N) is 4. The van der Waals surface area contributed by atoms with Crippen LogP contribution in [0.1, 0.15) is 35.5 Å². The first kappa shape index (κ1) is 20.2. The molecule has 2 heterocycles. The molecule has 1 aromatic carbocycles. The van der Waals surface area contributed by atoms with Crippen molar-refractivity contribution < 1.29 is 9.18 Å². The number of rotatable bonds is 7. The second kappa shape index (κ2) is 8.68. The highest BCUT2D eigenvalue weighted by molar-refractivity contribution is 5.95. The minimum atomic E-state index is -0.327.